The van der Waals surface area contributed by atoms with Crippen LogP contribution < -0.4 is 10.6 Å². The van der Waals surface area contributed by atoms with Gasteiger partial charge in [0, 0.05) is 0 Å². The summed E-state index contributed by atoms with van der Waals surface area (Å²) in [5, 5.41) is 14.5. The summed E-state index contributed by atoms with van der Waals surface area (Å²) in [7, 11) is 0. The summed E-state index contributed by atoms with van der Waals surface area (Å²) in [4.78, 5) is 23.2. The van der Waals surface area contributed by atoms with Crippen LogP contribution in [0.3, 0.4) is 0 Å². The smallest absolute Gasteiger partial charge is 0.326 e. The fourth-order valence-electron chi connectivity index (χ4n) is 2.68. The predicted octanol–water partition coefficient (Wildman–Crippen LogP) is 2.12. The standard InChI is InChI=1S/C15H24N2O3/c1-3-8-12(4-2)16-15(20)17-13(14(18)19)11-9-6-5-7-10-11/h2,11-13H,3,5-10H2,1H3,(H,18,19)(H2,16,17,20). The number of carboxylic acids is 1. The SMILES string of the molecule is C#CC(CCC)NC(=O)NC(C(=O)O)C1CCCCC1. The molecule has 5 nitrogen and oxygen atoms in total. The average molecular weight is 280 g/mol. The highest BCUT2D eigenvalue weighted by Crippen LogP contribution is 2.26. The van der Waals surface area contributed by atoms with Gasteiger partial charge in [0.25, 0.3) is 0 Å². The first-order chi connectivity index (χ1) is 9.58. The number of carbonyl (C=O) groups excluding carboxylic acids is 1. The van der Waals surface area contributed by atoms with Gasteiger partial charge in [0.2, 0.25) is 0 Å². The summed E-state index contributed by atoms with van der Waals surface area (Å²) in [5.41, 5.74) is 0. The van der Waals surface area contributed by atoms with Gasteiger partial charge in [0.15, 0.2) is 0 Å². The van der Waals surface area contributed by atoms with E-state index in [2.05, 4.69) is 16.6 Å². The molecule has 0 bridgehead atoms. The zero-order valence-corrected chi connectivity index (χ0v) is 12.0. The molecular formula is C15H24N2O3. The summed E-state index contributed by atoms with van der Waals surface area (Å²) >= 11 is 0. The third-order valence-corrected chi connectivity index (χ3v) is 3.76. The molecule has 0 heterocycles. The lowest BCUT2D eigenvalue weighted by Crippen LogP contribution is -2.52. The van der Waals surface area contributed by atoms with Gasteiger partial charge in [-0.05, 0) is 25.2 Å². The van der Waals surface area contributed by atoms with E-state index < -0.39 is 18.0 Å². The Balaban J connectivity index is 2.54. The predicted molar refractivity (Wildman–Crippen MR) is 77.2 cm³/mol. The van der Waals surface area contributed by atoms with Crippen LogP contribution in [0, 0.1) is 18.3 Å². The lowest BCUT2D eigenvalue weighted by Gasteiger charge is -2.28. The minimum atomic E-state index is -0.972. The van der Waals surface area contributed by atoms with Crippen molar-refractivity contribution in [3.63, 3.8) is 0 Å². The van der Waals surface area contributed by atoms with E-state index in [0.29, 0.717) is 6.42 Å². The number of hydrogen-bond donors (Lipinski definition) is 3. The third-order valence-electron chi connectivity index (χ3n) is 3.76. The van der Waals surface area contributed by atoms with E-state index in [1.807, 2.05) is 6.92 Å². The second-order valence-corrected chi connectivity index (χ2v) is 5.34. The maximum atomic E-state index is 11.9. The molecule has 0 aliphatic heterocycles. The molecule has 0 spiro atoms. The molecule has 5 heteroatoms. The molecule has 1 aliphatic carbocycles. The number of hydrogen-bond acceptors (Lipinski definition) is 2. The Hall–Kier alpha value is -1.70. The number of terminal acetylenes is 1. The Bertz CT molecular complexity index is 370. The minimum Gasteiger partial charge on any atom is -0.480 e. The van der Waals surface area contributed by atoms with E-state index in [-0.39, 0.29) is 12.0 Å². The Morgan fingerprint density at radius 3 is 2.45 bits per heavy atom. The van der Waals surface area contributed by atoms with Gasteiger partial charge in [-0.25, -0.2) is 9.59 Å². The summed E-state index contributed by atoms with van der Waals surface area (Å²) < 4.78 is 0. The van der Waals surface area contributed by atoms with E-state index in [1.165, 1.54) is 0 Å². The van der Waals surface area contributed by atoms with E-state index >= 15 is 0 Å². The first-order valence-electron chi connectivity index (χ1n) is 7.34. The molecule has 20 heavy (non-hydrogen) atoms. The highest BCUT2D eigenvalue weighted by atomic mass is 16.4. The highest BCUT2D eigenvalue weighted by Gasteiger charge is 2.30. The van der Waals surface area contributed by atoms with E-state index in [9.17, 15) is 14.7 Å². The maximum absolute atomic E-state index is 11.9. The van der Waals surface area contributed by atoms with Crippen LogP contribution in [0.2, 0.25) is 0 Å². The number of urea groups is 1. The van der Waals surface area contributed by atoms with Crippen molar-refractivity contribution in [3.05, 3.63) is 0 Å². The number of amides is 2. The molecule has 0 aromatic heterocycles. The first kappa shape index (κ1) is 16.4. The molecule has 1 aliphatic rings. The molecular weight excluding hydrogens is 256 g/mol. The van der Waals surface area contributed by atoms with Crippen molar-refractivity contribution in [1.82, 2.24) is 10.6 Å². The van der Waals surface area contributed by atoms with Crippen LogP contribution in [-0.4, -0.2) is 29.2 Å². The van der Waals surface area contributed by atoms with Crippen LogP contribution in [0.5, 0.6) is 0 Å². The molecule has 0 aromatic carbocycles. The molecule has 112 valence electrons. The number of nitrogens with one attached hydrogen (secondary N) is 2. The van der Waals surface area contributed by atoms with Crippen molar-refractivity contribution in [3.8, 4) is 12.3 Å². The molecule has 0 radical (unpaired) electrons. The van der Waals surface area contributed by atoms with Crippen LogP contribution in [0.25, 0.3) is 0 Å². The Morgan fingerprint density at radius 2 is 1.95 bits per heavy atom. The van der Waals surface area contributed by atoms with E-state index in [1.54, 1.807) is 0 Å². The van der Waals surface area contributed by atoms with Crippen LogP contribution in [0.4, 0.5) is 4.79 Å². The van der Waals surface area contributed by atoms with Gasteiger partial charge >= 0.3 is 12.0 Å². The van der Waals surface area contributed by atoms with Gasteiger partial charge < -0.3 is 15.7 Å². The lowest BCUT2D eigenvalue weighted by atomic mass is 9.84. The molecule has 3 N–H and O–H groups in total. The van der Waals surface area contributed by atoms with Crippen LogP contribution in [0.15, 0.2) is 0 Å². The molecule has 2 amide bonds. The summed E-state index contributed by atoms with van der Waals surface area (Å²) in [5.74, 6) is 1.54. The number of aliphatic carboxylic acids is 1. The van der Waals surface area contributed by atoms with Crippen LogP contribution >= 0.6 is 0 Å². The van der Waals surface area contributed by atoms with Crippen LogP contribution in [-0.2, 0) is 4.79 Å². The molecule has 2 atom stereocenters. The van der Waals surface area contributed by atoms with Gasteiger partial charge in [0.05, 0.1) is 6.04 Å². The zero-order chi connectivity index (χ0) is 15.0. The highest BCUT2D eigenvalue weighted by molar-refractivity contribution is 5.83. The maximum Gasteiger partial charge on any atom is 0.326 e. The fourth-order valence-corrected chi connectivity index (χ4v) is 2.68. The summed E-state index contributed by atoms with van der Waals surface area (Å²) in [6.45, 7) is 1.98. The van der Waals surface area contributed by atoms with Crippen molar-refractivity contribution >= 4 is 12.0 Å². The number of carbonyl (C=O) groups is 2. The monoisotopic (exact) mass is 280 g/mol. The van der Waals surface area contributed by atoms with E-state index in [0.717, 1.165) is 38.5 Å². The molecule has 1 saturated carbocycles. The Morgan fingerprint density at radius 1 is 1.30 bits per heavy atom. The largest absolute Gasteiger partial charge is 0.480 e. The summed E-state index contributed by atoms with van der Waals surface area (Å²) in [6, 6.07) is -1.66. The number of carboxylic acid groups (broad SMARTS) is 1. The van der Waals surface area contributed by atoms with Crippen molar-refractivity contribution in [2.45, 2.75) is 64.0 Å². The second kappa shape index (κ2) is 8.47. The van der Waals surface area contributed by atoms with Gasteiger partial charge in [-0.3, -0.25) is 0 Å². The molecule has 1 fully saturated rings. The zero-order valence-electron chi connectivity index (χ0n) is 12.0. The molecule has 0 saturated heterocycles. The fraction of sp³-hybridized carbons (Fsp3) is 0.733. The normalized spacial score (nSPS) is 18.6. The van der Waals surface area contributed by atoms with Gasteiger partial charge in [-0.1, -0.05) is 38.5 Å². The third kappa shape index (κ3) is 5.12. The van der Waals surface area contributed by atoms with Crippen molar-refractivity contribution in [2.75, 3.05) is 0 Å². The molecule has 1 rings (SSSR count). The van der Waals surface area contributed by atoms with Gasteiger partial charge in [0.1, 0.15) is 6.04 Å². The van der Waals surface area contributed by atoms with Crippen molar-refractivity contribution < 1.29 is 14.7 Å². The molecule has 2 unspecified atom stereocenters. The average Bonchev–Trinajstić information content (AvgIpc) is 2.45. The topological polar surface area (TPSA) is 78.4 Å². The first-order valence-corrected chi connectivity index (χ1v) is 7.34. The second-order valence-electron chi connectivity index (χ2n) is 5.34. The van der Waals surface area contributed by atoms with Crippen molar-refractivity contribution in [1.29, 1.82) is 0 Å². The number of rotatable bonds is 6. The lowest BCUT2D eigenvalue weighted by molar-refractivity contribution is -0.141. The Labute approximate surface area is 120 Å². The van der Waals surface area contributed by atoms with Gasteiger partial charge in [-0.15, -0.1) is 6.42 Å². The molecule has 0 aromatic rings. The van der Waals surface area contributed by atoms with Crippen LogP contribution in [0.1, 0.15) is 51.9 Å². The van der Waals surface area contributed by atoms with Crippen molar-refractivity contribution in [2.24, 2.45) is 5.92 Å². The van der Waals surface area contributed by atoms with E-state index in [4.69, 9.17) is 6.42 Å². The Kier molecular flexibility index (Phi) is 6.92. The minimum absolute atomic E-state index is 0.0162. The van der Waals surface area contributed by atoms with Gasteiger partial charge in [-0.2, -0.15) is 0 Å². The summed E-state index contributed by atoms with van der Waals surface area (Å²) in [6.07, 6.45) is 11.8. The quantitative estimate of drug-likeness (QED) is 0.652.